The minimum Gasteiger partial charge on any atom is -0.300 e. The second-order valence-electron chi connectivity index (χ2n) is 6.74. The fourth-order valence-corrected chi connectivity index (χ4v) is 5.91. The zero-order chi connectivity index (χ0) is 19.7. The van der Waals surface area contributed by atoms with Crippen molar-refractivity contribution in [3.8, 4) is 0 Å². The zero-order valence-corrected chi connectivity index (χ0v) is 17.7. The number of benzene rings is 3. The van der Waals surface area contributed by atoms with Crippen molar-refractivity contribution < 1.29 is 4.79 Å². The van der Waals surface area contributed by atoms with Crippen molar-refractivity contribution in [1.82, 2.24) is 0 Å². The highest BCUT2D eigenvalue weighted by atomic mass is 79.9. The van der Waals surface area contributed by atoms with Crippen molar-refractivity contribution in [1.29, 1.82) is 5.41 Å². The fraction of sp³-hybridized carbons (Fsp3) is 0.130. The Balaban J connectivity index is 1.87. The molecule has 1 aliphatic rings. The number of carbonyl (C=O) groups is 1. The SMILES string of the molecule is Cc1ccc([C@@]2(Br)[C@@H](C(=O)c3ccccc3)SC(=N)N2c2ccccc2)cc1. The Morgan fingerprint density at radius 3 is 2.14 bits per heavy atom. The Kier molecular flexibility index (Phi) is 5.13. The van der Waals surface area contributed by atoms with Crippen LogP contribution in [0.15, 0.2) is 84.9 Å². The van der Waals surface area contributed by atoms with Crippen molar-refractivity contribution in [2.75, 3.05) is 4.90 Å². The molecular formula is C23H19BrN2OS. The molecule has 1 heterocycles. The van der Waals surface area contributed by atoms with Crippen molar-refractivity contribution in [3.63, 3.8) is 0 Å². The van der Waals surface area contributed by atoms with E-state index in [9.17, 15) is 4.79 Å². The highest BCUT2D eigenvalue weighted by Gasteiger charge is 2.55. The molecule has 0 aromatic heterocycles. The van der Waals surface area contributed by atoms with E-state index in [2.05, 4.69) is 15.9 Å². The maximum atomic E-state index is 13.5. The molecule has 4 rings (SSSR count). The average molecular weight is 451 g/mol. The number of carbonyl (C=O) groups excluding carboxylic acids is 1. The first kappa shape index (κ1) is 19.0. The maximum Gasteiger partial charge on any atom is 0.179 e. The Bertz CT molecular complexity index is 1010. The molecule has 0 unspecified atom stereocenters. The summed E-state index contributed by atoms with van der Waals surface area (Å²) in [6, 6.07) is 27.2. The average Bonchev–Trinajstić information content (AvgIpc) is 3.00. The van der Waals surface area contributed by atoms with E-state index in [4.69, 9.17) is 5.41 Å². The summed E-state index contributed by atoms with van der Waals surface area (Å²) >= 11 is 5.22. The van der Waals surface area contributed by atoms with E-state index in [1.165, 1.54) is 11.8 Å². The Morgan fingerprint density at radius 2 is 1.54 bits per heavy atom. The highest BCUT2D eigenvalue weighted by Crippen LogP contribution is 2.53. The third-order valence-electron chi connectivity index (χ3n) is 4.87. The summed E-state index contributed by atoms with van der Waals surface area (Å²) in [4.78, 5) is 15.4. The lowest BCUT2D eigenvalue weighted by molar-refractivity contribution is 0.0979. The third-order valence-corrected chi connectivity index (χ3v) is 7.64. The van der Waals surface area contributed by atoms with Crippen LogP contribution >= 0.6 is 27.7 Å². The lowest BCUT2D eigenvalue weighted by Gasteiger charge is -2.37. The van der Waals surface area contributed by atoms with Gasteiger partial charge in [0.15, 0.2) is 11.0 Å². The van der Waals surface area contributed by atoms with Gasteiger partial charge in [0.2, 0.25) is 0 Å². The molecule has 3 aromatic carbocycles. The van der Waals surface area contributed by atoms with Gasteiger partial charge < -0.3 is 0 Å². The van der Waals surface area contributed by atoms with Gasteiger partial charge in [0.25, 0.3) is 0 Å². The lowest BCUT2D eigenvalue weighted by Crippen LogP contribution is -2.46. The highest BCUT2D eigenvalue weighted by molar-refractivity contribution is 9.10. The van der Waals surface area contributed by atoms with Crippen LogP contribution in [-0.2, 0) is 4.45 Å². The topological polar surface area (TPSA) is 44.2 Å². The van der Waals surface area contributed by atoms with Crippen molar-refractivity contribution in [2.45, 2.75) is 16.6 Å². The number of amidine groups is 1. The van der Waals surface area contributed by atoms with Crippen molar-refractivity contribution in [2.24, 2.45) is 0 Å². The summed E-state index contributed by atoms with van der Waals surface area (Å²) < 4.78 is -0.850. The summed E-state index contributed by atoms with van der Waals surface area (Å²) in [6.07, 6.45) is 0. The molecule has 1 saturated heterocycles. The van der Waals surface area contributed by atoms with Crippen LogP contribution in [0, 0.1) is 12.3 Å². The summed E-state index contributed by atoms with van der Waals surface area (Å²) in [5, 5.41) is 8.53. The molecule has 0 aliphatic carbocycles. The minimum atomic E-state index is -0.850. The molecule has 1 N–H and O–H groups in total. The number of halogens is 1. The molecule has 5 heteroatoms. The van der Waals surface area contributed by atoms with Crippen LogP contribution in [0.4, 0.5) is 5.69 Å². The van der Waals surface area contributed by atoms with E-state index in [-0.39, 0.29) is 5.78 Å². The molecule has 3 nitrogen and oxygen atoms in total. The number of aryl methyl sites for hydroxylation is 1. The predicted octanol–water partition coefficient (Wildman–Crippen LogP) is 5.98. The first-order chi connectivity index (χ1) is 13.5. The van der Waals surface area contributed by atoms with E-state index in [1.54, 1.807) is 0 Å². The molecule has 3 aromatic rings. The van der Waals surface area contributed by atoms with Crippen LogP contribution in [0.1, 0.15) is 21.5 Å². The molecule has 2 atom stereocenters. The van der Waals surface area contributed by atoms with Gasteiger partial charge in [-0.05, 0) is 24.6 Å². The first-order valence-electron chi connectivity index (χ1n) is 8.97. The maximum absolute atomic E-state index is 13.5. The van der Waals surface area contributed by atoms with Crippen LogP contribution in [-0.4, -0.2) is 16.2 Å². The van der Waals surface area contributed by atoms with E-state index in [0.717, 1.165) is 16.8 Å². The van der Waals surface area contributed by atoms with E-state index in [0.29, 0.717) is 10.7 Å². The number of hydrogen-bond acceptors (Lipinski definition) is 3. The van der Waals surface area contributed by atoms with Crippen LogP contribution < -0.4 is 4.90 Å². The number of hydrogen-bond donors (Lipinski definition) is 1. The zero-order valence-electron chi connectivity index (χ0n) is 15.3. The molecule has 140 valence electrons. The van der Waals surface area contributed by atoms with Gasteiger partial charge in [-0.3, -0.25) is 15.1 Å². The number of para-hydroxylation sites is 1. The number of alkyl halides is 1. The lowest BCUT2D eigenvalue weighted by atomic mass is 9.95. The van der Waals surface area contributed by atoms with E-state index in [1.807, 2.05) is 96.8 Å². The number of rotatable bonds is 4. The fourth-order valence-electron chi connectivity index (χ4n) is 3.44. The standard InChI is InChI=1S/C23H19BrN2OS/c1-16-12-14-18(15-13-16)23(24)21(20(27)17-8-4-2-5-9-17)28-22(25)26(23)19-10-6-3-7-11-19/h2-15,21,25H,1H3/t21-,23+/m1/s1. The van der Waals surface area contributed by atoms with Gasteiger partial charge in [0.1, 0.15) is 9.70 Å². The minimum absolute atomic E-state index is 0.00577. The van der Waals surface area contributed by atoms with E-state index < -0.39 is 9.70 Å². The van der Waals surface area contributed by atoms with Crippen LogP contribution in [0.3, 0.4) is 0 Å². The molecule has 1 fully saturated rings. The first-order valence-corrected chi connectivity index (χ1v) is 10.6. The molecule has 0 saturated carbocycles. The normalized spacial score (nSPS) is 21.7. The summed E-state index contributed by atoms with van der Waals surface area (Å²) in [6.45, 7) is 2.04. The summed E-state index contributed by atoms with van der Waals surface area (Å²) in [5.74, 6) is 0.00577. The van der Waals surface area contributed by atoms with Gasteiger partial charge in [-0.1, -0.05) is 106 Å². The molecular weight excluding hydrogens is 432 g/mol. The smallest absolute Gasteiger partial charge is 0.179 e. The molecule has 28 heavy (non-hydrogen) atoms. The number of thioether (sulfide) groups is 1. The Morgan fingerprint density at radius 1 is 0.964 bits per heavy atom. The second-order valence-corrected chi connectivity index (χ2v) is 9.05. The summed E-state index contributed by atoms with van der Waals surface area (Å²) in [7, 11) is 0. The van der Waals surface area contributed by atoms with Gasteiger partial charge in [-0.15, -0.1) is 0 Å². The number of nitrogens with one attached hydrogen (secondary N) is 1. The van der Waals surface area contributed by atoms with Gasteiger partial charge in [-0.2, -0.15) is 0 Å². The molecule has 0 bridgehead atoms. The van der Waals surface area contributed by atoms with Crippen LogP contribution in [0.25, 0.3) is 0 Å². The quantitative estimate of drug-likeness (QED) is 0.301. The molecule has 0 radical (unpaired) electrons. The number of nitrogens with zero attached hydrogens (tertiary/aromatic N) is 1. The van der Waals surface area contributed by atoms with E-state index >= 15 is 0 Å². The largest absolute Gasteiger partial charge is 0.300 e. The van der Waals surface area contributed by atoms with Gasteiger partial charge in [0.05, 0.1) is 0 Å². The second kappa shape index (κ2) is 7.57. The Hall–Kier alpha value is -2.37. The van der Waals surface area contributed by atoms with Gasteiger partial charge in [0, 0.05) is 11.3 Å². The number of Topliss-reactive ketones (excluding diaryl/α,β-unsaturated/α-hetero) is 1. The monoisotopic (exact) mass is 450 g/mol. The number of anilines is 1. The Labute approximate surface area is 177 Å². The molecule has 1 aliphatic heterocycles. The van der Waals surface area contributed by atoms with Crippen LogP contribution in [0.5, 0.6) is 0 Å². The van der Waals surface area contributed by atoms with Crippen molar-refractivity contribution in [3.05, 3.63) is 102 Å². The van der Waals surface area contributed by atoms with Crippen LogP contribution in [0.2, 0.25) is 0 Å². The predicted molar refractivity (Wildman–Crippen MR) is 121 cm³/mol. The third kappa shape index (κ3) is 3.19. The molecule has 0 spiro atoms. The van der Waals surface area contributed by atoms with Crippen molar-refractivity contribution >= 4 is 44.3 Å². The van der Waals surface area contributed by atoms with Gasteiger partial charge in [-0.25, -0.2) is 0 Å². The van der Waals surface area contributed by atoms with Gasteiger partial charge >= 0.3 is 0 Å². The molecule has 0 amide bonds. The summed E-state index contributed by atoms with van der Waals surface area (Å²) in [5.41, 5.74) is 3.63. The number of ketones is 1.